The highest BCUT2D eigenvalue weighted by atomic mass is 32.2. The van der Waals surface area contributed by atoms with Crippen molar-refractivity contribution in [3.63, 3.8) is 0 Å². The summed E-state index contributed by atoms with van der Waals surface area (Å²) < 4.78 is 24.4. The molecule has 0 amide bonds. The standard InChI is InChI=1S/C11H18N2O2S/c1-9-4-6-10(7-5-9)11(12)8-16(14,15)13(2)3/h4-7,11H,8,12H2,1-3H3. The Hall–Kier alpha value is -0.910. The van der Waals surface area contributed by atoms with E-state index in [1.165, 1.54) is 18.4 Å². The maximum absolute atomic E-state index is 11.6. The van der Waals surface area contributed by atoms with Crippen LogP contribution in [0, 0.1) is 6.92 Å². The summed E-state index contributed by atoms with van der Waals surface area (Å²) in [5.41, 5.74) is 7.84. The van der Waals surface area contributed by atoms with Gasteiger partial charge in [-0.3, -0.25) is 0 Å². The summed E-state index contributed by atoms with van der Waals surface area (Å²) in [5.74, 6) is -0.0664. The Morgan fingerprint density at radius 1 is 1.25 bits per heavy atom. The highest BCUT2D eigenvalue weighted by Gasteiger charge is 2.19. The zero-order valence-corrected chi connectivity index (χ0v) is 10.7. The lowest BCUT2D eigenvalue weighted by Crippen LogP contribution is -2.31. The Bertz CT molecular complexity index is 438. The number of hydrogen-bond acceptors (Lipinski definition) is 3. The average Bonchev–Trinajstić information content (AvgIpc) is 2.17. The maximum Gasteiger partial charge on any atom is 0.215 e. The normalized spacial score (nSPS) is 14.1. The molecule has 1 rings (SSSR count). The number of hydrogen-bond donors (Lipinski definition) is 1. The van der Waals surface area contributed by atoms with Crippen LogP contribution in [0.5, 0.6) is 0 Å². The fourth-order valence-corrected chi connectivity index (χ4v) is 2.23. The summed E-state index contributed by atoms with van der Waals surface area (Å²) in [4.78, 5) is 0. The first-order valence-electron chi connectivity index (χ1n) is 5.05. The van der Waals surface area contributed by atoms with E-state index in [0.29, 0.717) is 0 Å². The Morgan fingerprint density at radius 3 is 2.19 bits per heavy atom. The molecule has 0 saturated heterocycles. The van der Waals surface area contributed by atoms with Crippen molar-refractivity contribution in [2.45, 2.75) is 13.0 Å². The Balaban J connectivity index is 2.81. The highest BCUT2D eigenvalue weighted by Crippen LogP contribution is 2.14. The van der Waals surface area contributed by atoms with Gasteiger partial charge < -0.3 is 5.73 Å². The minimum absolute atomic E-state index is 0.0664. The monoisotopic (exact) mass is 242 g/mol. The minimum atomic E-state index is -3.25. The van der Waals surface area contributed by atoms with Crippen LogP contribution in [0.1, 0.15) is 17.2 Å². The van der Waals surface area contributed by atoms with Crippen molar-refractivity contribution in [1.29, 1.82) is 0 Å². The molecule has 90 valence electrons. The first-order chi connectivity index (χ1) is 7.33. The van der Waals surface area contributed by atoms with Crippen LogP contribution in [0.4, 0.5) is 0 Å². The number of benzene rings is 1. The Morgan fingerprint density at radius 2 is 1.75 bits per heavy atom. The third kappa shape index (κ3) is 3.30. The molecule has 0 aromatic heterocycles. The van der Waals surface area contributed by atoms with Gasteiger partial charge in [-0.05, 0) is 12.5 Å². The van der Waals surface area contributed by atoms with Gasteiger partial charge in [0.25, 0.3) is 0 Å². The predicted octanol–water partition coefficient (Wildman–Crippen LogP) is 0.886. The lowest BCUT2D eigenvalue weighted by molar-refractivity contribution is 0.515. The van der Waals surface area contributed by atoms with Crippen molar-refractivity contribution in [2.75, 3.05) is 19.8 Å². The van der Waals surface area contributed by atoms with Crippen LogP contribution in [-0.2, 0) is 10.0 Å². The first kappa shape index (κ1) is 13.2. The van der Waals surface area contributed by atoms with Gasteiger partial charge in [0.2, 0.25) is 10.0 Å². The molecule has 4 nitrogen and oxygen atoms in total. The molecule has 0 fully saturated rings. The maximum atomic E-state index is 11.6. The molecule has 0 spiro atoms. The summed E-state index contributed by atoms with van der Waals surface area (Å²) in [6.07, 6.45) is 0. The first-order valence-corrected chi connectivity index (χ1v) is 6.66. The molecule has 0 heterocycles. The molecule has 0 bridgehead atoms. The molecule has 0 aliphatic heterocycles. The smallest absolute Gasteiger partial charge is 0.215 e. The molecule has 2 N–H and O–H groups in total. The number of sulfonamides is 1. The van der Waals surface area contributed by atoms with Crippen LogP contribution in [0.15, 0.2) is 24.3 Å². The fourth-order valence-electron chi connectivity index (χ4n) is 1.29. The van der Waals surface area contributed by atoms with E-state index in [1.807, 2.05) is 31.2 Å². The van der Waals surface area contributed by atoms with Gasteiger partial charge in [0, 0.05) is 20.1 Å². The molecule has 0 aliphatic rings. The Labute approximate surface area is 97.1 Å². The summed E-state index contributed by atoms with van der Waals surface area (Å²) in [6, 6.07) is 7.11. The zero-order chi connectivity index (χ0) is 12.3. The van der Waals surface area contributed by atoms with Crippen LogP contribution >= 0.6 is 0 Å². The van der Waals surface area contributed by atoms with Gasteiger partial charge in [-0.1, -0.05) is 29.8 Å². The van der Waals surface area contributed by atoms with Crippen LogP contribution in [0.25, 0.3) is 0 Å². The van der Waals surface area contributed by atoms with E-state index in [1.54, 1.807) is 0 Å². The lowest BCUT2D eigenvalue weighted by Gasteiger charge is -2.16. The van der Waals surface area contributed by atoms with E-state index in [2.05, 4.69) is 0 Å². The van der Waals surface area contributed by atoms with Gasteiger partial charge in [0.1, 0.15) is 0 Å². The molecular formula is C11H18N2O2S. The third-order valence-electron chi connectivity index (χ3n) is 2.45. The molecule has 0 saturated carbocycles. The second kappa shape index (κ2) is 4.95. The molecule has 1 aromatic carbocycles. The lowest BCUT2D eigenvalue weighted by atomic mass is 10.1. The van der Waals surface area contributed by atoms with Gasteiger partial charge >= 0.3 is 0 Å². The quantitative estimate of drug-likeness (QED) is 0.852. The molecule has 1 aromatic rings. The Kier molecular flexibility index (Phi) is 4.07. The second-order valence-electron chi connectivity index (χ2n) is 4.08. The summed E-state index contributed by atoms with van der Waals surface area (Å²) in [6.45, 7) is 1.98. The van der Waals surface area contributed by atoms with Crippen LogP contribution < -0.4 is 5.73 Å². The zero-order valence-electron chi connectivity index (χ0n) is 9.84. The van der Waals surface area contributed by atoms with Crippen LogP contribution in [0.3, 0.4) is 0 Å². The van der Waals surface area contributed by atoms with E-state index >= 15 is 0 Å². The minimum Gasteiger partial charge on any atom is -0.323 e. The van der Waals surface area contributed by atoms with Gasteiger partial charge in [-0.2, -0.15) is 0 Å². The summed E-state index contributed by atoms with van der Waals surface area (Å²) in [7, 11) is -0.225. The van der Waals surface area contributed by atoms with Crippen molar-refractivity contribution in [1.82, 2.24) is 4.31 Å². The van der Waals surface area contributed by atoms with Crippen molar-refractivity contribution in [3.05, 3.63) is 35.4 Å². The SMILES string of the molecule is Cc1ccc(C(N)CS(=O)(=O)N(C)C)cc1. The van der Waals surface area contributed by atoms with Crippen molar-refractivity contribution in [3.8, 4) is 0 Å². The predicted molar refractivity (Wildman–Crippen MR) is 65.6 cm³/mol. The third-order valence-corrected chi connectivity index (χ3v) is 4.35. The van der Waals surface area contributed by atoms with E-state index in [0.717, 1.165) is 11.1 Å². The van der Waals surface area contributed by atoms with Gasteiger partial charge in [0.05, 0.1) is 5.75 Å². The van der Waals surface area contributed by atoms with Crippen molar-refractivity contribution >= 4 is 10.0 Å². The van der Waals surface area contributed by atoms with Crippen LogP contribution in [-0.4, -0.2) is 32.6 Å². The molecule has 0 aliphatic carbocycles. The summed E-state index contributed by atoms with van der Waals surface area (Å²) in [5, 5.41) is 0. The molecule has 5 heteroatoms. The van der Waals surface area contributed by atoms with E-state index in [-0.39, 0.29) is 5.75 Å². The van der Waals surface area contributed by atoms with Crippen molar-refractivity contribution in [2.24, 2.45) is 5.73 Å². The average molecular weight is 242 g/mol. The number of nitrogens with zero attached hydrogens (tertiary/aromatic N) is 1. The summed E-state index contributed by atoms with van der Waals surface area (Å²) >= 11 is 0. The topological polar surface area (TPSA) is 63.4 Å². The van der Waals surface area contributed by atoms with Crippen molar-refractivity contribution < 1.29 is 8.42 Å². The molecule has 0 radical (unpaired) electrons. The van der Waals surface area contributed by atoms with Gasteiger partial charge in [0.15, 0.2) is 0 Å². The molecular weight excluding hydrogens is 224 g/mol. The van der Waals surface area contributed by atoms with Crippen LogP contribution in [0.2, 0.25) is 0 Å². The number of nitrogens with two attached hydrogens (primary N) is 1. The number of aryl methyl sites for hydroxylation is 1. The highest BCUT2D eigenvalue weighted by molar-refractivity contribution is 7.89. The molecule has 16 heavy (non-hydrogen) atoms. The fraction of sp³-hybridized carbons (Fsp3) is 0.455. The molecule has 1 atom stereocenters. The second-order valence-corrected chi connectivity index (χ2v) is 6.31. The van der Waals surface area contributed by atoms with Gasteiger partial charge in [-0.15, -0.1) is 0 Å². The number of rotatable bonds is 4. The van der Waals surface area contributed by atoms with E-state index in [4.69, 9.17) is 5.73 Å². The molecule has 1 unspecified atom stereocenters. The van der Waals surface area contributed by atoms with E-state index < -0.39 is 16.1 Å². The largest absolute Gasteiger partial charge is 0.323 e. The van der Waals surface area contributed by atoms with Gasteiger partial charge in [-0.25, -0.2) is 12.7 Å². The van der Waals surface area contributed by atoms with E-state index in [9.17, 15) is 8.42 Å².